The lowest BCUT2D eigenvalue weighted by Crippen LogP contribution is -2.32. The van der Waals surface area contributed by atoms with Crippen molar-refractivity contribution in [3.8, 4) is 6.07 Å². The number of benzene rings is 1. The predicted octanol–water partition coefficient (Wildman–Crippen LogP) is 1.88. The molecule has 1 aromatic carbocycles. The molecule has 1 aromatic rings. The molecule has 0 spiro atoms. The van der Waals surface area contributed by atoms with Crippen molar-refractivity contribution in [3.63, 3.8) is 0 Å². The highest BCUT2D eigenvalue weighted by Gasteiger charge is 2.39. The Morgan fingerprint density at radius 3 is 2.25 bits per heavy atom. The molecule has 0 bridgehead atoms. The van der Waals surface area contributed by atoms with E-state index in [9.17, 15) is 21.6 Å². The Balaban J connectivity index is 2.58. The second-order valence-corrected chi connectivity index (χ2v) is 6.29. The maximum absolute atomic E-state index is 12.3. The molecule has 1 unspecified atom stereocenters. The number of hydrogen-bond acceptors (Lipinski definition) is 4. The van der Waals surface area contributed by atoms with Gasteiger partial charge in [0.2, 0.25) is 0 Å². The SMILES string of the molecule is CS(=O)(=O)c1ccc(CNCC(C#N)C(F)(F)F)cc1. The zero-order valence-electron chi connectivity index (χ0n) is 10.6. The minimum absolute atomic E-state index is 0.123. The number of rotatable bonds is 5. The van der Waals surface area contributed by atoms with E-state index in [-0.39, 0.29) is 11.4 Å². The fraction of sp³-hybridized carbons (Fsp3) is 0.417. The molecule has 0 aromatic heterocycles. The van der Waals surface area contributed by atoms with Gasteiger partial charge in [-0.05, 0) is 17.7 Å². The standard InChI is InChI=1S/C12H13F3N2O2S/c1-20(18,19)11-4-2-9(3-5-11)7-17-8-10(6-16)12(13,14)15/h2-5,10,17H,7-8H2,1H3. The van der Waals surface area contributed by atoms with Gasteiger partial charge in [0, 0.05) is 19.3 Å². The van der Waals surface area contributed by atoms with Gasteiger partial charge < -0.3 is 5.32 Å². The third-order valence-corrected chi connectivity index (χ3v) is 3.71. The van der Waals surface area contributed by atoms with Crippen LogP contribution in [0.15, 0.2) is 29.2 Å². The summed E-state index contributed by atoms with van der Waals surface area (Å²) in [6, 6.07) is 6.99. The maximum Gasteiger partial charge on any atom is 0.405 e. The Bertz CT molecular complexity index is 589. The van der Waals surface area contributed by atoms with Gasteiger partial charge in [0.15, 0.2) is 15.8 Å². The summed E-state index contributed by atoms with van der Waals surface area (Å²) in [5, 5.41) is 10.9. The molecule has 0 aliphatic heterocycles. The molecule has 1 rings (SSSR count). The van der Waals surface area contributed by atoms with E-state index in [0.717, 1.165) is 6.26 Å². The van der Waals surface area contributed by atoms with Gasteiger partial charge in [0.1, 0.15) is 0 Å². The summed E-state index contributed by atoms with van der Waals surface area (Å²) in [5.41, 5.74) is 0.635. The van der Waals surface area contributed by atoms with Gasteiger partial charge >= 0.3 is 6.18 Å². The molecule has 0 saturated heterocycles. The summed E-state index contributed by atoms with van der Waals surface area (Å²) < 4.78 is 59.3. The van der Waals surface area contributed by atoms with Crippen LogP contribution in [0.1, 0.15) is 5.56 Å². The Kier molecular flexibility index (Phi) is 5.14. The summed E-state index contributed by atoms with van der Waals surface area (Å²) >= 11 is 0. The lowest BCUT2D eigenvalue weighted by Gasteiger charge is -2.13. The minimum Gasteiger partial charge on any atom is -0.311 e. The molecule has 0 saturated carbocycles. The number of nitrogens with one attached hydrogen (secondary N) is 1. The van der Waals surface area contributed by atoms with Gasteiger partial charge in [-0.15, -0.1) is 0 Å². The van der Waals surface area contributed by atoms with Crippen molar-refractivity contribution >= 4 is 9.84 Å². The first-order chi connectivity index (χ1) is 9.14. The number of halogens is 3. The predicted molar refractivity (Wildman–Crippen MR) is 66.4 cm³/mol. The first-order valence-corrected chi connectivity index (χ1v) is 7.50. The smallest absolute Gasteiger partial charge is 0.311 e. The van der Waals surface area contributed by atoms with Crippen molar-refractivity contribution in [1.82, 2.24) is 5.32 Å². The van der Waals surface area contributed by atoms with Crippen molar-refractivity contribution in [2.75, 3.05) is 12.8 Å². The highest BCUT2D eigenvalue weighted by Crippen LogP contribution is 2.24. The molecule has 20 heavy (non-hydrogen) atoms. The fourth-order valence-electron chi connectivity index (χ4n) is 1.45. The third-order valence-electron chi connectivity index (χ3n) is 2.58. The third kappa shape index (κ3) is 4.83. The van der Waals surface area contributed by atoms with E-state index >= 15 is 0 Å². The molecule has 110 valence electrons. The van der Waals surface area contributed by atoms with Gasteiger partial charge in [0.05, 0.1) is 11.0 Å². The number of nitrogens with zero attached hydrogens (tertiary/aromatic N) is 1. The highest BCUT2D eigenvalue weighted by atomic mass is 32.2. The van der Waals surface area contributed by atoms with E-state index in [1.165, 1.54) is 30.3 Å². The van der Waals surface area contributed by atoms with E-state index in [4.69, 9.17) is 5.26 Å². The molecule has 0 heterocycles. The van der Waals surface area contributed by atoms with E-state index in [1.54, 1.807) is 0 Å². The monoisotopic (exact) mass is 306 g/mol. The quantitative estimate of drug-likeness (QED) is 0.902. The second kappa shape index (κ2) is 6.24. The van der Waals surface area contributed by atoms with Crippen LogP contribution in [0.25, 0.3) is 0 Å². The zero-order chi connectivity index (χ0) is 15.4. The summed E-state index contributed by atoms with van der Waals surface area (Å²) in [6.45, 7) is -0.383. The maximum atomic E-state index is 12.3. The van der Waals surface area contributed by atoms with E-state index in [2.05, 4.69) is 5.32 Å². The van der Waals surface area contributed by atoms with Gasteiger partial charge in [-0.3, -0.25) is 0 Å². The molecular weight excluding hydrogens is 293 g/mol. The van der Waals surface area contributed by atoms with Crippen LogP contribution in [0.5, 0.6) is 0 Å². The molecule has 1 atom stereocenters. The highest BCUT2D eigenvalue weighted by molar-refractivity contribution is 7.90. The molecule has 0 amide bonds. The average Bonchev–Trinajstić information content (AvgIpc) is 2.32. The zero-order valence-corrected chi connectivity index (χ0v) is 11.4. The first-order valence-electron chi connectivity index (χ1n) is 5.60. The van der Waals surface area contributed by atoms with Gasteiger partial charge in [0.25, 0.3) is 0 Å². The summed E-state index contributed by atoms with van der Waals surface area (Å²) in [5.74, 6) is -2.06. The van der Waals surface area contributed by atoms with Crippen molar-refractivity contribution < 1.29 is 21.6 Å². The fourth-order valence-corrected chi connectivity index (χ4v) is 2.08. The second-order valence-electron chi connectivity index (χ2n) is 4.27. The Labute approximate surface area is 115 Å². The Hall–Kier alpha value is -1.59. The summed E-state index contributed by atoms with van der Waals surface area (Å²) in [7, 11) is -3.29. The average molecular weight is 306 g/mol. The molecule has 4 nitrogen and oxygen atoms in total. The number of hydrogen-bond donors (Lipinski definition) is 1. The van der Waals surface area contributed by atoms with Crippen LogP contribution in [0, 0.1) is 17.2 Å². The Morgan fingerprint density at radius 2 is 1.85 bits per heavy atom. The lowest BCUT2D eigenvalue weighted by molar-refractivity contribution is -0.157. The Morgan fingerprint density at radius 1 is 1.30 bits per heavy atom. The van der Waals surface area contributed by atoms with Crippen LogP contribution in [-0.4, -0.2) is 27.4 Å². The molecule has 0 fully saturated rings. The van der Waals surface area contributed by atoms with Crippen LogP contribution < -0.4 is 5.32 Å². The molecule has 1 N–H and O–H groups in total. The molecule has 0 aliphatic carbocycles. The van der Waals surface area contributed by atoms with E-state index in [0.29, 0.717) is 5.56 Å². The van der Waals surface area contributed by atoms with Crippen LogP contribution in [0.3, 0.4) is 0 Å². The van der Waals surface area contributed by atoms with E-state index in [1.807, 2.05) is 0 Å². The van der Waals surface area contributed by atoms with Crippen LogP contribution in [0.2, 0.25) is 0 Å². The summed E-state index contributed by atoms with van der Waals surface area (Å²) in [4.78, 5) is 0.145. The lowest BCUT2D eigenvalue weighted by atomic mass is 10.1. The normalized spacial score (nSPS) is 13.8. The van der Waals surface area contributed by atoms with Crippen LogP contribution in [-0.2, 0) is 16.4 Å². The van der Waals surface area contributed by atoms with Gasteiger partial charge in [-0.2, -0.15) is 18.4 Å². The number of alkyl halides is 3. The first kappa shape index (κ1) is 16.5. The van der Waals surface area contributed by atoms with Crippen LogP contribution in [0.4, 0.5) is 13.2 Å². The topological polar surface area (TPSA) is 70.0 Å². The van der Waals surface area contributed by atoms with Gasteiger partial charge in [-0.1, -0.05) is 12.1 Å². The minimum atomic E-state index is -4.55. The molecule has 0 aliphatic rings. The van der Waals surface area contributed by atoms with Crippen molar-refractivity contribution in [2.45, 2.75) is 17.6 Å². The number of nitriles is 1. The van der Waals surface area contributed by atoms with Crippen molar-refractivity contribution in [3.05, 3.63) is 29.8 Å². The largest absolute Gasteiger partial charge is 0.405 e. The van der Waals surface area contributed by atoms with Crippen molar-refractivity contribution in [2.24, 2.45) is 5.92 Å². The van der Waals surface area contributed by atoms with Crippen molar-refractivity contribution in [1.29, 1.82) is 5.26 Å². The molecule has 0 radical (unpaired) electrons. The van der Waals surface area contributed by atoms with E-state index < -0.39 is 28.5 Å². The van der Waals surface area contributed by atoms with Gasteiger partial charge in [-0.25, -0.2) is 8.42 Å². The van der Waals surface area contributed by atoms with Crippen LogP contribution >= 0.6 is 0 Å². The molecular formula is C12H13F3N2O2S. The summed E-state index contributed by atoms with van der Waals surface area (Å²) in [6.07, 6.45) is -3.48. The molecule has 8 heteroatoms. The number of sulfone groups is 1.